The van der Waals surface area contributed by atoms with Crippen LogP contribution in [0.15, 0.2) is 30.3 Å². The summed E-state index contributed by atoms with van der Waals surface area (Å²) in [4.78, 5) is 60.1. The molecule has 4 amide bonds. The summed E-state index contributed by atoms with van der Waals surface area (Å²) in [6.07, 6.45) is -1.17. The summed E-state index contributed by atoms with van der Waals surface area (Å²) >= 11 is 0. The molecular weight excluding hydrogens is 674 g/mol. The van der Waals surface area contributed by atoms with Gasteiger partial charge in [0.2, 0.25) is 23.6 Å². The fraction of sp³-hybridized carbons (Fsp3) is 0.756. The lowest BCUT2D eigenvalue weighted by molar-refractivity contribution is -0.146. The second-order valence-electron chi connectivity index (χ2n) is 16.1. The number of benzene rings is 1. The molecule has 1 aromatic rings. The van der Waals surface area contributed by atoms with Crippen LogP contribution in [0.1, 0.15) is 113 Å². The summed E-state index contributed by atoms with van der Waals surface area (Å²) in [7, 11) is 3.54. The Bertz CT molecular complexity index is 1310. The number of amides is 4. The topological polar surface area (TPSA) is 163 Å². The lowest BCUT2D eigenvalue weighted by atomic mass is 9.89. The van der Waals surface area contributed by atoms with Gasteiger partial charge >= 0.3 is 0 Å². The van der Waals surface area contributed by atoms with Gasteiger partial charge in [0.1, 0.15) is 6.04 Å². The van der Waals surface area contributed by atoms with Gasteiger partial charge in [-0.25, -0.2) is 0 Å². The fourth-order valence-electron chi connectivity index (χ4n) is 7.56. The standard InChI is InChI=1S/C41H71N5O7/c1-13-26(7)34(43-40(52)35(24(3)4)44(11)25(5)6)41(53)45(12)36(27(8)14-2)32(47)23-33(48)46-22-18-21-31(46)37(49)28(9)39(51)42-29(10)38(50)30-19-16-15-17-20-30/h15-17,19-20,24-29,31-32,34-38,47,49-50H,13-14,18,21-23H2,1-12H3,(H,42,51)(H,43,52)/t26-,27-,28+,29+,31-,32+,34-,35-,36-,37+,38+/m0/s1. The van der Waals surface area contributed by atoms with Crippen molar-refractivity contribution in [3.8, 4) is 0 Å². The van der Waals surface area contributed by atoms with Crippen molar-refractivity contribution in [1.82, 2.24) is 25.3 Å². The van der Waals surface area contributed by atoms with Gasteiger partial charge in [-0.1, -0.05) is 91.6 Å². The van der Waals surface area contributed by atoms with Gasteiger partial charge < -0.3 is 35.8 Å². The molecule has 0 spiro atoms. The van der Waals surface area contributed by atoms with Crippen LogP contribution in [0.2, 0.25) is 0 Å². The third-order valence-electron chi connectivity index (χ3n) is 11.7. The van der Waals surface area contributed by atoms with E-state index in [1.807, 2.05) is 85.5 Å². The summed E-state index contributed by atoms with van der Waals surface area (Å²) in [5, 5.41) is 39.7. The Kier molecular flexibility index (Phi) is 18.4. The summed E-state index contributed by atoms with van der Waals surface area (Å²) < 4.78 is 0. The Balaban J connectivity index is 2.21. The maximum atomic E-state index is 14.3. The highest BCUT2D eigenvalue weighted by Crippen LogP contribution is 2.28. The number of rotatable bonds is 20. The Labute approximate surface area is 319 Å². The molecule has 1 aliphatic rings. The number of likely N-dealkylation sites (tertiary alicyclic amines) is 1. The zero-order valence-electron chi connectivity index (χ0n) is 34.5. The highest BCUT2D eigenvalue weighted by Gasteiger charge is 2.42. The Hall–Kier alpha value is -3.06. The van der Waals surface area contributed by atoms with Gasteiger partial charge in [0.15, 0.2) is 0 Å². The van der Waals surface area contributed by atoms with Gasteiger partial charge in [0.25, 0.3) is 0 Å². The van der Waals surface area contributed by atoms with Gasteiger partial charge in [0.05, 0.1) is 54.8 Å². The summed E-state index contributed by atoms with van der Waals surface area (Å²) in [5.41, 5.74) is 0.664. The number of hydrogen-bond acceptors (Lipinski definition) is 8. The van der Waals surface area contributed by atoms with Crippen molar-refractivity contribution in [3.63, 3.8) is 0 Å². The van der Waals surface area contributed by atoms with Gasteiger partial charge in [-0.2, -0.15) is 0 Å². The molecule has 12 heteroatoms. The van der Waals surface area contributed by atoms with Crippen LogP contribution < -0.4 is 10.6 Å². The Morgan fingerprint density at radius 1 is 0.849 bits per heavy atom. The van der Waals surface area contributed by atoms with Crippen LogP contribution in [0, 0.1) is 23.7 Å². The van der Waals surface area contributed by atoms with E-state index in [9.17, 15) is 34.5 Å². The van der Waals surface area contributed by atoms with Crippen molar-refractivity contribution in [2.24, 2.45) is 23.7 Å². The molecule has 0 aliphatic carbocycles. The first-order chi connectivity index (χ1) is 24.8. The Morgan fingerprint density at radius 2 is 1.43 bits per heavy atom. The molecule has 12 nitrogen and oxygen atoms in total. The number of hydrogen-bond donors (Lipinski definition) is 5. The van der Waals surface area contributed by atoms with Crippen LogP contribution in [0.25, 0.3) is 0 Å². The largest absolute Gasteiger partial charge is 0.390 e. The number of carbonyl (C=O) groups excluding carboxylic acids is 4. The summed E-state index contributed by atoms with van der Waals surface area (Å²) in [6.45, 7) is 19.5. The molecule has 0 bridgehead atoms. The van der Waals surface area contributed by atoms with Gasteiger partial charge in [-0.05, 0) is 64.0 Å². The third kappa shape index (κ3) is 12.0. The minimum Gasteiger partial charge on any atom is -0.390 e. The third-order valence-corrected chi connectivity index (χ3v) is 11.7. The molecule has 5 N–H and O–H groups in total. The average Bonchev–Trinajstić information content (AvgIpc) is 3.62. The van der Waals surface area contributed by atoms with Crippen LogP contribution >= 0.6 is 0 Å². The van der Waals surface area contributed by atoms with E-state index in [0.717, 1.165) is 0 Å². The molecular formula is C41H71N5O7. The van der Waals surface area contributed by atoms with E-state index in [0.29, 0.717) is 37.8 Å². The lowest BCUT2D eigenvalue weighted by Gasteiger charge is -2.40. The van der Waals surface area contributed by atoms with Crippen LogP contribution in [0.5, 0.6) is 0 Å². The van der Waals surface area contributed by atoms with E-state index < -0.39 is 60.3 Å². The van der Waals surface area contributed by atoms with E-state index in [1.54, 1.807) is 37.9 Å². The number of aliphatic hydroxyl groups is 3. The molecule has 1 saturated heterocycles. The fourth-order valence-corrected chi connectivity index (χ4v) is 7.56. The SMILES string of the molecule is CC[C@H](C)[C@@H]([C@H](O)CC(=O)N1CCC[C@H]1[C@H](O)[C@@H](C)C(=O)N[C@H](C)[C@@H](O)c1ccccc1)N(C)C(=O)[C@@H](NC(=O)[C@H](C(C)C)N(C)C(C)C)[C@@H](C)CC. The highest BCUT2D eigenvalue weighted by molar-refractivity contribution is 5.90. The highest BCUT2D eigenvalue weighted by atomic mass is 16.3. The first-order valence-electron chi connectivity index (χ1n) is 19.8. The molecule has 0 radical (unpaired) electrons. The predicted octanol–water partition coefficient (Wildman–Crippen LogP) is 3.73. The molecule has 11 atom stereocenters. The maximum Gasteiger partial charge on any atom is 0.245 e. The minimum absolute atomic E-state index is 0.00918. The van der Waals surface area contributed by atoms with Crippen molar-refractivity contribution in [1.29, 1.82) is 0 Å². The van der Waals surface area contributed by atoms with E-state index in [-0.39, 0.29) is 47.9 Å². The molecule has 1 fully saturated rings. The number of nitrogens with one attached hydrogen (secondary N) is 2. The molecule has 53 heavy (non-hydrogen) atoms. The monoisotopic (exact) mass is 746 g/mol. The zero-order chi connectivity index (χ0) is 40.3. The molecule has 2 rings (SSSR count). The van der Waals surface area contributed by atoms with Gasteiger partial charge in [0, 0.05) is 19.6 Å². The predicted molar refractivity (Wildman–Crippen MR) is 208 cm³/mol. The number of likely N-dealkylation sites (N-methyl/N-ethyl adjacent to an activating group) is 2. The second-order valence-corrected chi connectivity index (χ2v) is 16.1. The van der Waals surface area contributed by atoms with Crippen molar-refractivity contribution < 1.29 is 34.5 Å². The molecule has 1 aliphatic heterocycles. The van der Waals surface area contributed by atoms with E-state index in [2.05, 4.69) is 10.6 Å². The van der Waals surface area contributed by atoms with Crippen molar-refractivity contribution >= 4 is 23.6 Å². The minimum atomic E-state index is -1.21. The van der Waals surface area contributed by atoms with Crippen LogP contribution in [-0.2, 0) is 19.2 Å². The van der Waals surface area contributed by atoms with Crippen LogP contribution in [-0.4, -0.2) is 123 Å². The average molecular weight is 746 g/mol. The smallest absolute Gasteiger partial charge is 0.245 e. The van der Waals surface area contributed by atoms with E-state index in [1.165, 1.54) is 4.90 Å². The van der Waals surface area contributed by atoms with Crippen molar-refractivity contribution in [3.05, 3.63) is 35.9 Å². The molecule has 1 heterocycles. The van der Waals surface area contributed by atoms with Crippen LogP contribution in [0.4, 0.5) is 0 Å². The summed E-state index contributed by atoms with van der Waals surface area (Å²) in [5.74, 6) is -2.56. The summed E-state index contributed by atoms with van der Waals surface area (Å²) in [6, 6.07) is 5.92. The first-order valence-corrected chi connectivity index (χ1v) is 19.8. The maximum absolute atomic E-state index is 14.3. The molecule has 0 aromatic heterocycles. The number of nitrogens with zero attached hydrogens (tertiary/aromatic N) is 3. The number of carbonyl (C=O) groups is 4. The van der Waals surface area contributed by atoms with E-state index >= 15 is 0 Å². The quantitative estimate of drug-likeness (QED) is 0.135. The van der Waals surface area contributed by atoms with E-state index in [4.69, 9.17) is 0 Å². The first kappa shape index (κ1) is 46.1. The number of aliphatic hydroxyl groups excluding tert-OH is 3. The van der Waals surface area contributed by atoms with Crippen LogP contribution in [0.3, 0.4) is 0 Å². The van der Waals surface area contributed by atoms with Crippen molar-refractivity contribution in [2.75, 3.05) is 20.6 Å². The molecule has 0 unspecified atom stereocenters. The zero-order valence-corrected chi connectivity index (χ0v) is 34.5. The normalized spacial score (nSPS) is 20.6. The van der Waals surface area contributed by atoms with Gasteiger partial charge in [-0.3, -0.25) is 24.1 Å². The van der Waals surface area contributed by atoms with Gasteiger partial charge in [-0.15, -0.1) is 0 Å². The second kappa shape index (κ2) is 21.1. The molecule has 0 saturated carbocycles. The van der Waals surface area contributed by atoms with Crippen molar-refractivity contribution in [2.45, 2.75) is 156 Å². The lowest BCUT2D eigenvalue weighted by Crippen LogP contribution is -2.60. The Morgan fingerprint density at radius 3 is 1.96 bits per heavy atom. The molecule has 1 aromatic carbocycles. The molecule has 302 valence electrons.